The summed E-state index contributed by atoms with van der Waals surface area (Å²) in [7, 11) is 1.86. The van der Waals surface area contributed by atoms with E-state index in [9.17, 15) is 4.79 Å². The number of carbonyl (C=O) groups excluding carboxylic acids is 1. The van der Waals surface area contributed by atoms with Crippen LogP contribution in [0.2, 0.25) is 0 Å². The van der Waals surface area contributed by atoms with Crippen molar-refractivity contribution in [2.75, 3.05) is 5.32 Å². The Morgan fingerprint density at radius 2 is 2.22 bits per heavy atom. The van der Waals surface area contributed by atoms with E-state index in [1.165, 1.54) is 11.3 Å². The van der Waals surface area contributed by atoms with Crippen LogP contribution < -0.4 is 5.32 Å². The Kier molecular flexibility index (Phi) is 3.34. The molecule has 3 heterocycles. The Hall–Kier alpha value is -2.68. The number of carbonyl (C=O) groups is 1. The summed E-state index contributed by atoms with van der Waals surface area (Å²) >= 11 is 1.35. The Morgan fingerprint density at radius 1 is 1.35 bits per heavy atom. The van der Waals surface area contributed by atoms with Gasteiger partial charge in [-0.25, -0.2) is 4.98 Å². The molecule has 1 fully saturated rings. The first kappa shape index (κ1) is 13.9. The van der Waals surface area contributed by atoms with Crippen molar-refractivity contribution in [3.63, 3.8) is 0 Å². The molecule has 1 aliphatic rings. The maximum Gasteiger partial charge on any atom is 0.277 e. The van der Waals surface area contributed by atoms with E-state index in [1.807, 2.05) is 11.6 Å². The van der Waals surface area contributed by atoms with Gasteiger partial charge in [0, 0.05) is 30.7 Å². The predicted octanol–water partition coefficient (Wildman–Crippen LogP) is 1.86. The predicted molar refractivity (Wildman–Crippen MR) is 84.1 cm³/mol. The van der Waals surface area contributed by atoms with Gasteiger partial charge in [0.15, 0.2) is 0 Å². The number of hydrogen-bond donors (Lipinski definition) is 1. The van der Waals surface area contributed by atoms with E-state index in [0.29, 0.717) is 28.3 Å². The van der Waals surface area contributed by atoms with Crippen LogP contribution in [0.5, 0.6) is 0 Å². The van der Waals surface area contributed by atoms with E-state index >= 15 is 0 Å². The molecule has 1 N–H and O–H groups in total. The van der Waals surface area contributed by atoms with Gasteiger partial charge in [0.25, 0.3) is 5.91 Å². The maximum atomic E-state index is 12.3. The van der Waals surface area contributed by atoms with Crippen molar-refractivity contribution in [3.8, 4) is 10.7 Å². The fourth-order valence-corrected chi connectivity index (χ4v) is 2.98. The minimum atomic E-state index is -0.311. The molecule has 0 unspecified atom stereocenters. The minimum Gasteiger partial charge on any atom is -0.300 e. The first-order valence-corrected chi connectivity index (χ1v) is 8.03. The van der Waals surface area contributed by atoms with Gasteiger partial charge in [-0.1, -0.05) is 0 Å². The molecular formula is C14H13N7OS. The average molecular weight is 327 g/mol. The van der Waals surface area contributed by atoms with Crippen LogP contribution in [0.4, 0.5) is 5.95 Å². The second-order valence-electron chi connectivity index (χ2n) is 5.30. The molecule has 116 valence electrons. The van der Waals surface area contributed by atoms with Crippen molar-refractivity contribution in [2.24, 2.45) is 7.05 Å². The molecular weight excluding hydrogens is 314 g/mol. The molecule has 0 saturated heterocycles. The van der Waals surface area contributed by atoms with Crippen LogP contribution in [0.3, 0.4) is 0 Å². The monoisotopic (exact) mass is 327 g/mol. The number of nitrogens with one attached hydrogen (secondary N) is 1. The van der Waals surface area contributed by atoms with Gasteiger partial charge in [-0.05, 0) is 12.8 Å². The molecule has 0 aromatic carbocycles. The summed E-state index contributed by atoms with van der Waals surface area (Å²) in [4.78, 5) is 24.8. The molecule has 1 aliphatic carbocycles. The largest absolute Gasteiger partial charge is 0.300 e. The van der Waals surface area contributed by atoms with Gasteiger partial charge >= 0.3 is 0 Å². The van der Waals surface area contributed by atoms with E-state index in [0.717, 1.165) is 18.7 Å². The highest BCUT2D eigenvalue weighted by Gasteiger charge is 2.29. The lowest BCUT2D eigenvalue weighted by Gasteiger charge is -2.03. The molecule has 0 bridgehead atoms. The van der Waals surface area contributed by atoms with E-state index in [-0.39, 0.29) is 5.91 Å². The smallest absolute Gasteiger partial charge is 0.277 e. The molecule has 8 nitrogen and oxygen atoms in total. The molecule has 23 heavy (non-hydrogen) atoms. The van der Waals surface area contributed by atoms with Crippen molar-refractivity contribution in [1.82, 2.24) is 29.7 Å². The number of thiazole rings is 1. The fraction of sp³-hybridized carbons (Fsp3) is 0.286. The van der Waals surface area contributed by atoms with Crippen molar-refractivity contribution >= 4 is 23.2 Å². The van der Waals surface area contributed by atoms with Gasteiger partial charge in [0.1, 0.15) is 22.2 Å². The van der Waals surface area contributed by atoms with E-state index in [4.69, 9.17) is 0 Å². The van der Waals surface area contributed by atoms with E-state index in [2.05, 4.69) is 30.5 Å². The van der Waals surface area contributed by atoms with E-state index < -0.39 is 0 Å². The van der Waals surface area contributed by atoms with Crippen LogP contribution in [0.25, 0.3) is 10.7 Å². The van der Waals surface area contributed by atoms with Gasteiger partial charge < -0.3 is 0 Å². The third kappa shape index (κ3) is 2.70. The lowest BCUT2D eigenvalue weighted by atomic mass is 10.4. The zero-order chi connectivity index (χ0) is 15.8. The molecule has 1 amide bonds. The first-order valence-electron chi connectivity index (χ1n) is 7.15. The van der Waals surface area contributed by atoms with Crippen molar-refractivity contribution in [3.05, 3.63) is 35.5 Å². The quantitative estimate of drug-likeness (QED) is 0.785. The molecule has 3 aromatic rings. The molecule has 9 heteroatoms. The van der Waals surface area contributed by atoms with Crippen LogP contribution in [0.1, 0.15) is 35.1 Å². The second kappa shape index (κ2) is 5.51. The third-order valence-electron chi connectivity index (χ3n) is 3.60. The second-order valence-corrected chi connectivity index (χ2v) is 6.16. The molecule has 0 radical (unpaired) electrons. The van der Waals surface area contributed by atoms with E-state index in [1.54, 1.807) is 24.0 Å². The minimum absolute atomic E-state index is 0.311. The molecule has 0 spiro atoms. The number of aromatic nitrogens is 6. The Balaban J connectivity index is 1.52. The standard InChI is InChI=1S/C14H13N7OS/c1-21-11(8-2-3-8)19-20-14(21)18-12(22)10-7-23-13(17-10)9-6-15-4-5-16-9/h4-8H,2-3H2,1H3,(H,18,20,22). The summed E-state index contributed by atoms with van der Waals surface area (Å²) in [6, 6.07) is 0. The summed E-state index contributed by atoms with van der Waals surface area (Å²) in [5, 5.41) is 13.3. The summed E-state index contributed by atoms with van der Waals surface area (Å²) in [5.41, 5.74) is 0.970. The summed E-state index contributed by atoms with van der Waals surface area (Å²) in [6.45, 7) is 0. The van der Waals surface area contributed by atoms with Crippen molar-refractivity contribution in [2.45, 2.75) is 18.8 Å². The Morgan fingerprint density at radius 3 is 2.96 bits per heavy atom. The number of rotatable bonds is 4. The molecule has 0 aliphatic heterocycles. The zero-order valence-electron chi connectivity index (χ0n) is 12.3. The lowest BCUT2D eigenvalue weighted by molar-refractivity contribution is 0.102. The zero-order valence-corrected chi connectivity index (χ0v) is 13.1. The number of hydrogen-bond acceptors (Lipinski definition) is 7. The van der Waals surface area contributed by atoms with Crippen LogP contribution in [0, 0.1) is 0 Å². The highest BCUT2D eigenvalue weighted by atomic mass is 32.1. The van der Waals surface area contributed by atoms with Gasteiger partial charge in [0.2, 0.25) is 5.95 Å². The van der Waals surface area contributed by atoms with Crippen LogP contribution in [-0.2, 0) is 7.05 Å². The molecule has 3 aromatic heterocycles. The molecule has 0 atom stereocenters. The van der Waals surface area contributed by atoms with Gasteiger partial charge in [-0.2, -0.15) is 0 Å². The van der Waals surface area contributed by atoms with Gasteiger partial charge in [-0.3, -0.25) is 24.6 Å². The Bertz CT molecular complexity index is 853. The number of nitrogens with zero attached hydrogens (tertiary/aromatic N) is 6. The summed E-state index contributed by atoms with van der Waals surface area (Å²) < 4.78 is 1.82. The molecule has 1 saturated carbocycles. The van der Waals surface area contributed by atoms with Crippen LogP contribution in [-0.4, -0.2) is 35.6 Å². The SMILES string of the molecule is Cn1c(NC(=O)c2csc(-c3cnccn3)n2)nnc1C1CC1. The number of amides is 1. The Labute approximate surface area is 135 Å². The van der Waals surface area contributed by atoms with Crippen LogP contribution in [0.15, 0.2) is 24.0 Å². The highest BCUT2D eigenvalue weighted by Crippen LogP contribution is 2.39. The van der Waals surface area contributed by atoms with Crippen LogP contribution >= 0.6 is 11.3 Å². The topological polar surface area (TPSA) is 98.5 Å². The van der Waals surface area contributed by atoms with Crippen molar-refractivity contribution in [1.29, 1.82) is 0 Å². The summed E-state index contributed by atoms with van der Waals surface area (Å²) in [6.07, 6.45) is 7.07. The average Bonchev–Trinajstić information content (AvgIpc) is 3.17. The van der Waals surface area contributed by atoms with Gasteiger partial charge in [0.05, 0.1) is 6.20 Å². The lowest BCUT2D eigenvalue weighted by Crippen LogP contribution is -2.15. The van der Waals surface area contributed by atoms with Gasteiger partial charge in [-0.15, -0.1) is 21.5 Å². The first-order chi connectivity index (χ1) is 11.2. The normalized spacial score (nSPS) is 14.0. The fourth-order valence-electron chi connectivity index (χ4n) is 2.22. The van der Waals surface area contributed by atoms with Crippen molar-refractivity contribution < 1.29 is 4.79 Å². The maximum absolute atomic E-state index is 12.3. The summed E-state index contributed by atoms with van der Waals surface area (Å²) in [5.74, 6) is 1.51. The highest BCUT2D eigenvalue weighted by molar-refractivity contribution is 7.13. The third-order valence-corrected chi connectivity index (χ3v) is 4.46. The number of anilines is 1. The molecule has 4 rings (SSSR count).